The van der Waals surface area contributed by atoms with Gasteiger partial charge in [-0.15, -0.1) is 0 Å². The van der Waals surface area contributed by atoms with Gasteiger partial charge in [0.2, 0.25) is 0 Å². The van der Waals surface area contributed by atoms with E-state index in [2.05, 4.69) is 10.3 Å². The van der Waals surface area contributed by atoms with Crippen molar-refractivity contribution in [2.24, 2.45) is 0 Å². The Morgan fingerprint density at radius 2 is 2.08 bits per heavy atom. The highest BCUT2D eigenvalue weighted by atomic mass is 35.5. The topological polar surface area (TPSA) is 63.4 Å². The first-order chi connectivity index (χ1) is 12.5. The summed E-state index contributed by atoms with van der Waals surface area (Å²) in [6.07, 6.45) is 7.76. The number of ether oxygens (including phenoxy) is 2. The highest BCUT2D eigenvalue weighted by molar-refractivity contribution is 6.37. The molecule has 3 rings (SSSR count). The fourth-order valence-electron chi connectivity index (χ4n) is 2.74. The van der Waals surface area contributed by atoms with Gasteiger partial charge in [-0.05, 0) is 44.1 Å². The summed E-state index contributed by atoms with van der Waals surface area (Å²) in [6, 6.07) is 5.73. The van der Waals surface area contributed by atoms with E-state index in [1.54, 1.807) is 7.11 Å². The number of hydrogen-bond donors (Lipinski definition) is 2. The molecule has 1 aliphatic rings. The fraction of sp³-hybridized carbons (Fsp3) is 0.250. The summed E-state index contributed by atoms with van der Waals surface area (Å²) in [7, 11) is 1.63. The molecule has 0 radical (unpaired) electrons. The van der Waals surface area contributed by atoms with E-state index in [1.165, 1.54) is 0 Å². The quantitative estimate of drug-likeness (QED) is 0.776. The molecule has 1 amide bonds. The van der Waals surface area contributed by atoms with Crippen LogP contribution >= 0.6 is 11.6 Å². The van der Waals surface area contributed by atoms with Crippen LogP contribution in [-0.2, 0) is 4.74 Å². The largest absolute Gasteiger partial charge is 0.497 e. The van der Waals surface area contributed by atoms with Crippen molar-refractivity contribution in [3.8, 4) is 5.75 Å². The third-order valence-electron chi connectivity index (χ3n) is 3.94. The predicted octanol–water partition coefficient (Wildman–Crippen LogP) is 5.19. The number of alkyl carbamates (subject to hydrolysis) is 1. The second kappa shape index (κ2) is 7.70. The molecule has 136 valence electrons. The summed E-state index contributed by atoms with van der Waals surface area (Å²) in [4.78, 5) is 15.1. The number of H-pyrrole nitrogens is 1. The summed E-state index contributed by atoms with van der Waals surface area (Å²) < 4.78 is 10.4. The lowest BCUT2D eigenvalue weighted by Crippen LogP contribution is -2.25. The second-order valence-corrected chi connectivity index (χ2v) is 6.57. The van der Waals surface area contributed by atoms with Crippen molar-refractivity contribution in [2.75, 3.05) is 7.11 Å². The summed E-state index contributed by atoms with van der Waals surface area (Å²) in [5.74, 6) is 0.768. The number of fused-ring (bicyclic) bond motifs is 1. The zero-order valence-corrected chi connectivity index (χ0v) is 15.7. The Kier molecular flexibility index (Phi) is 5.38. The van der Waals surface area contributed by atoms with Gasteiger partial charge in [0.1, 0.15) is 5.75 Å². The molecule has 5 nitrogen and oxygen atoms in total. The van der Waals surface area contributed by atoms with Crippen LogP contribution < -0.4 is 10.1 Å². The Balaban J connectivity index is 1.82. The van der Waals surface area contributed by atoms with Crippen molar-refractivity contribution >= 4 is 34.2 Å². The zero-order chi connectivity index (χ0) is 18.7. The van der Waals surface area contributed by atoms with Crippen LogP contribution in [0.4, 0.5) is 4.79 Å². The third-order valence-corrected chi connectivity index (χ3v) is 4.33. The van der Waals surface area contributed by atoms with E-state index in [0.717, 1.165) is 27.9 Å². The number of aromatic amines is 1. The van der Waals surface area contributed by atoms with E-state index in [0.29, 0.717) is 17.1 Å². The van der Waals surface area contributed by atoms with Crippen LogP contribution in [-0.4, -0.2) is 24.3 Å². The Morgan fingerprint density at radius 3 is 2.81 bits per heavy atom. The molecular weight excluding hydrogens is 352 g/mol. The van der Waals surface area contributed by atoms with E-state index < -0.39 is 6.09 Å². The molecule has 1 aromatic heterocycles. The summed E-state index contributed by atoms with van der Waals surface area (Å²) in [5, 5.41) is 4.34. The number of hydrogen-bond acceptors (Lipinski definition) is 3. The van der Waals surface area contributed by atoms with Crippen LogP contribution in [0.3, 0.4) is 0 Å². The molecule has 1 aliphatic carbocycles. The molecule has 2 aromatic rings. The standard InChI is InChI=1S/C20H21ClN2O3/c1-12(2)26-20(24)22-14-6-4-5-13(7-8-14)19-18(21)16-10-9-15(25-3)11-17(16)23-19/h5-12,23H,4H2,1-3H3,(H,22,24). The minimum Gasteiger partial charge on any atom is -0.497 e. The van der Waals surface area contributed by atoms with Gasteiger partial charge in [0.25, 0.3) is 0 Å². The van der Waals surface area contributed by atoms with E-state index in [9.17, 15) is 4.79 Å². The maximum Gasteiger partial charge on any atom is 0.411 e. The van der Waals surface area contributed by atoms with Gasteiger partial charge in [0.15, 0.2) is 0 Å². The molecule has 1 heterocycles. The van der Waals surface area contributed by atoms with Crippen molar-refractivity contribution < 1.29 is 14.3 Å². The molecule has 26 heavy (non-hydrogen) atoms. The maximum atomic E-state index is 11.8. The minimum atomic E-state index is -0.463. The smallest absolute Gasteiger partial charge is 0.411 e. The van der Waals surface area contributed by atoms with E-state index >= 15 is 0 Å². The molecular formula is C20H21ClN2O3. The number of carbonyl (C=O) groups excluding carboxylic acids is 1. The van der Waals surface area contributed by atoms with Crippen molar-refractivity contribution in [1.82, 2.24) is 10.3 Å². The normalized spacial score (nSPS) is 14.0. The third kappa shape index (κ3) is 3.94. The van der Waals surface area contributed by atoms with Gasteiger partial charge >= 0.3 is 6.09 Å². The summed E-state index contributed by atoms with van der Waals surface area (Å²) >= 11 is 6.56. The first-order valence-corrected chi connectivity index (χ1v) is 8.77. The minimum absolute atomic E-state index is 0.166. The number of allylic oxidation sites excluding steroid dienone is 5. The molecule has 0 spiro atoms. The highest BCUT2D eigenvalue weighted by Gasteiger charge is 2.14. The molecule has 0 fully saturated rings. The van der Waals surface area contributed by atoms with Gasteiger partial charge in [-0.2, -0.15) is 0 Å². The molecule has 0 bridgehead atoms. The van der Waals surface area contributed by atoms with Crippen LogP contribution in [0.5, 0.6) is 5.75 Å². The molecule has 1 aromatic carbocycles. The average molecular weight is 373 g/mol. The lowest BCUT2D eigenvalue weighted by molar-refractivity contribution is 0.118. The molecule has 0 saturated heterocycles. The lowest BCUT2D eigenvalue weighted by Gasteiger charge is -2.09. The van der Waals surface area contributed by atoms with Crippen molar-refractivity contribution in [3.63, 3.8) is 0 Å². The van der Waals surface area contributed by atoms with Gasteiger partial charge in [-0.25, -0.2) is 4.79 Å². The van der Waals surface area contributed by atoms with Gasteiger partial charge in [0, 0.05) is 17.1 Å². The molecule has 2 N–H and O–H groups in total. The Morgan fingerprint density at radius 1 is 1.27 bits per heavy atom. The number of amides is 1. The maximum absolute atomic E-state index is 11.8. The van der Waals surface area contributed by atoms with Crippen LogP contribution in [0.15, 0.2) is 48.2 Å². The molecule has 0 atom stereocenters. The first-order valence-electron chi connectivity index (χ1n) is 8.39. The number of halogens is 1. The number of benzene rings is 1. The van der Waals surface area contributed by atoms with Crippen LogP contribution in [0.25, 0.3) is 16.5 Å². The van der Waals surface area contributed by atoms with E-state index in [-0.39, 0.29) is 6.10 Å². The lowest BCUT2D eigenvalue weighted by atomic mass is 10.1. The number of methoxy groups -OCH3 is 1. The second-order valence-electron chi connectivity index (χ2n) is 6.19. The van der Waals surface area contributed by atoms with Crippen molar-refractivity contribution in [1.29, 1.82) is 0 Å². The van der Waals surface area contributed by atoms with E-state index in [4.69, 9.17) is 21.1 Å². The molecule has 0 aliphatic heterocycles. The number of nitrogens with one attached hydrogen (secondary N) is 2. The average Bonchev–Trinajstić information content (AvgIpc) is 2.77. The van der Waals surface area contributed by atoms with E-state index in [1.807, 2.05) is 56.4 Å². The number of rotatable bonds is 4. The van der Waals surface area contributed by atoms with Gasteiger partial charge in [-0.1, -0.05) is 29.8 Å². The first kappa shape index (κ1) is 18.1. The van der Waals surface area contributed by atoms with Gasteiger partial charge in [0.05, 0.1) is 29.4 Å². The Hall–Kier alpha value is -2.66. The van der Waals surface area contributed by atoms with Gasteiger partial charge < -0.3 is 14.5 Å². The molecule has 6 heteroatoms. The predicted molar refractivity (Wildman–Crippen MR) is 104 cm³/mol. The Bertz CT molecular complexity index is 923. The molecule has 0 saturated carbocycles. The molecule has 0 unspecified atom stereocenters. The SMILES string of the molecule is COc1ccc2c(Cl)c(C3=CCC=C(NC(=O)OC(C)C)C=C3)[nH]c2c1. The zero-order valence-electron chi connectivity index (χ0n) is 14.9. The number of carbonyl (C=O) groups is 1. The van der Waals surface area contributed by atoms with Crippen LogP contribution in [0.1, 0.15) is 26.0 Å². The Labute approximate surface area is 157 Å². The van der Waals surface area contributed by atoms with Crippen molar-refractivity contribution in [2.45, 2.75) is 26.4 Å². The van der Waals surface area contributed by atoms with Crippen LogP contribution in [0.2, 0.25) is 5.02 Å². The van der Waals surface area contributed by atoms with Crippen LogP contribution in [0, 0.1) is 0 Å². The highest BCUT2D eigenvalue weighted by Crippen LogP contribution is 2.34. The number of aromatic nitrogens is 1. The van der Waals surface area contributed by atoms with Gasteiger partial charge in [-0.3, -0.25) is 5.32 Å². The fourth-order valence-corrected chi connectivity index (χ4v) is 3.06. The summed E-state index contributed by atoms with van der Waals surface area (Å²) in [6.45, 7) is 3.62. The monoisotopic (exact) mass is 372 g/mol. The summed E-state index contributed by atoms with van der Waals surface area (Å²) in [5.41, 5.74) is 3.39. The van der Waals surface area contributed by atoms with Crippen molar-refractivity contribution in [3.05, 3.63) is 58.9 Å².